The van der Waals surface area contributed by atoms with Crippen molar-refractivity contribution in [2.24, 2.45) is 0 Å². The number of nitrogens with one attached hydrogen (secondary N) is 1. The first-order valence-corrected chi connectivity index (χ1v) is 9.56. The number of benzene rings is 3. The summed E-state index contributed by atoms with van der Waals surface area (Å²) in [4.78, 5) is 0. The topological polar surface area (TPSA) is 12.0 Å². The van der Waals surface area contributed by atoms with E-state index in [0.717, 1.165) is 0 Å². The molecule has 0 saturated carbocycles. The van der Waals surface area contributed by atoms with Crippen LogP contribution in [0.4, 0.5) is 0 Å². The SMILES string of the molecule is C1CCNCC1.c1ccc2c(c1)ccc1c3c(ccc12)CCCC3. The highest BCUT2D eigenvalue weighted by molar-refractivity contribution is 6.08. The third kappa shape index (κ3) is 3.18. The van der Waals surface area contributed by atoms with Gasteiger partial charge >= 0.3 is 0 Å². The molecule has 1 N–H and O–H groups in total. The van der Waals surface area contributed by atoms with Crippen molar-refractivity contribution in [1.29, 1.82) is 0 Å². The summed E-state index contributed by atoms with van der Waals surface area (Å²) in [5.41, 5.74) is 3.17. The molecule has 3 aromatic carbocycles. The molecule has 0 radical (unpaired) electrons. The molecule has 1 aliphatic heterocycles. The molecule has 24 heavy (non-hydrogen) atoms. The Kier molecular flexibility index (Phi) is 4.80. The molecule has 0 amide bonds. The third-order valence-corrected chi connectivity index (χ3v) is 5.46. The number of aryl methyl sites for hydroxylation is 2. The molecule has 1 nitrogen and oxygen atoms in total. The molecule has 1 heteroatoms. The van der Waals surface area contributed by atoms with Gasteiger partial charge in [0.05, 0.1) is 0 Å². The van der Waals surface area contributed by atoms with Crippen LogP contribution in [0.2, 0.25) is 0 Å². The van der Waals surface area contributed by atoms with Crippen molar-refractivity contribution >= 4 is 21.5 Å². The summed E-state index contributed by atoms with van der Waals surface area (Å²) in [6.07, 6.45) is 9.43. The summed E-state index contributed by atoms with van der Waals surface area (Å²) in [5, 5.41) is 8.93. The van der Waals surface area contributed by atoms with E-state index in [1.54, 1.807) is 11.1 Å². The quantitative estimate of drug-likeness (QED) is 0.530. The Morgan fingerprint density at radius 3 is 2.17 bits per heavy atom. The maximum Gasteiger partial charge on any atom is -0.00489 e. The fourth-order valence-electron chi connectivity index (χ4n) is 4.14. The van der Waals surface area contributed by atoms with E-state index in [-0.39, 0.29) is 0 Å². The van der Waals surface area contributed by atoms with Gasteiger partial charge in [-0.15, -0.1) is 0 Å². The molecule has 2 aliphatic rings. The molecule has 0 atom stereocenters. The lowest BCUT2D eigenvalue weighted by molar-refractivity contribution is 0.520. The Morgan fingerprint density at radius 2 is 1.38 bits per heavy atom. The lowest BCUT2D eigenvalue weighted by Crippen LogP contribution is -2.21. The molecule has 0 aromatic heterocycles. The summed E-state index contributed by atoms with van der Waals surface area (Å²) in [6.45, 7) is 2.50. The first-order chi connectivity index (χ1) is 11.9. The van der Waals surface area contributed by atoms with Gasteiger partial charge in [-0.25, -0.2) is 0 Å². The Bertz CT molecular complexity index is 818. The van der Waals surface area contributed by atoms with Crippen molar-refractivity contribution in [1.82, 2.24) is 5.32 Å². The lowest BCUT2D eigenvalue weighted by Gasteiger charge is -2.18. The van der Waals surface area contributed by atoms with Crippen LogP contribution in [0.15, 0.2) is 48.5 Å². The first-order valence-electron chi connectivity index (χ1n) is 9.56. The van der Waals surface area contributed by atoms with E-state index in [1.165, 1.54) is 79.6 Å². The molecule has 5 rings (SSSR count). The fourth-order valence-corrected chi connectivity index (χ4v) is 4.14. The van der Waals surface area contributed by atoms with E-state index in [4.69, 9.17) is 0 Å². The molecule has 0 spiro atoms. The molecule has 124 valence electrons. The predicted molar refractivity (Wildman–Crippen MR) is 105 cm³/mol. The van der Waals surface area contributed by atoms with Gasteiger partial charge in [0.2, 0.25) is 0 Å². The standard InChI is InChI=1S/C18H16.C5H11N/c1-3-7-15-13(5-1)9-11-18-16-8-4-2-6-14(16)10-12-17(15)18;1-2-4-6-5-3-1/h1,3,5,7,9-12H,2,4,6,8H2;6H,1-5H2. The van der Waals surface area contributed by atoms with E-state index < -0.39 is 0 Å². The monoisotopic (exact) mass is 317 g/mol. The van der Waals surface area contributed by atoms with E-state index in [0.29, 0.717) is 0 Å². The summed E-state index contributed by atoms with van der Waals surface area (Å²) in [6, 6.07) is 18.0. The van der Waals surface area contributed by atoms with Crippen LogP contribution in [0, 0.1) is 0 Å². The van der Waals surface area contributed by atoms with Crippen LogP contribution in [0.5, 0.6) is 0 Å². The van der Waals surface area contributed by atoms with Crippen LogP contribution in [0.1, 0.15) is 43.2 Å². The van der Waals surface area contributed by atoms with Gasteiger partial charge in [0.15, 0.2) is 0 Å². The molecule has 1 heterocycles. The Labute approximate surface area is 145 Å². The fraction of sp³-hybridized carbons (Fsp3) is 0.391. The van der Waals surface area contributed by atoms with Crippen LogP contribution in [-0.2, 0) is 12.8 Å². The van der Waals surface area contributed by atoms with Gasteiger partial charge in [-0.1, -0.05) is 55.0 Å². The zero-order valence-corrected chi connectivity index (χ0v) is 14.5. The zero-order valence-electron chi connectivity index (χ0n) is 14.5. The van der Waals surface area contributed by atoms with Gasteiger partial charge < -0.3 is 5.32 Å². The van der Waals surface area contributed by atoms with Crippen LogP contribution in [0.3, 0.4) is 0 Å². The minimum atomic E-state index is 1.25. The highest BCUT2D eigenvalue weighted by atomic mass is 14.9. The molecule has 0 unspecified atom stereocenters. The van der Waals surface area contributed by atoms with Gasteiger partial charge in [0.25, 0.3) is 0 Å². The van der Waals surface area contributed by atoms with E-state index in [9.17, 15) is 0 Å². The van der Waals surface area contributed by atoms with Crippen LogP contribution in [-0.4, -0.2) is 13.1 Å². The third-order valence-electron chi connectivity index (χ3n) is 5.46. The number of piperidine rings is 1. The highest BCUT2D eigenvalue weighted by Crippen LogP contribution is 2.33. The normalized spacial score (nSPS) is 17.2. The zero-order chi connectivity index (χ0) is 16.2. The smallest absolute Gasteiger partial charge is 0.00489 e. The summed E-state index contributed by atoms with van der Waals surface area (Å²) < 4.78 is 0. The van der Waals surface area contributed by atoms with Gasteiger partial charge in [-0.2, -0.15) is 0 Å². The van der Waals surface area contributed by atoms with Crippen molar-refractivity contribution in [2.75, 3.05) is 13.1 Å². The van der Waals surface area contributed by atoms with Gasteiger partial charge in [0.1, 0.15) is 0 Å². The van der Waals surface area contributed by atoms with Crippen molar-refractivity contribution < 1.29 is 0 Å². The van der Waals surface area contributed by atoms with Crippen LogP contribution in [0.25, 0.3) is 21.5 Å². The van der Waals surface area contributed by atoms with Crippen molar-refractivity contribution in [3.8, 4) is 0 Å². The summed E-state index contributed by atoms with van der Waals surface area (Å²) >= 11 is 0. The maximum absolute atomic E-state index is 3.28. The molecule has 1 aliphatic carbocycles. The largest absolute Gasteiger partial charge is 0.317 e. The van der Waals surface area contributed by atoms with E-state index in [2.05, 4.69) is 53.8 Å². The van der Waals surface area contributed by atoms with Gasteiger partial charge in [-0.05, 0) is 84.3 Å². The minimum Gasteiger partial charge on any atom is -0.317 e. The number of rotatable bonds is 0. The minimum absolute atomic E-state index is 1.25. The second-order valence-corrected chi connectivity index (χ2v) is 7.10. The van der Waals surface area contributed by atoms with Crippen LogP contribution >= 0.6 is 0 Å². The average Bonchev–Trinajstić information content (AvgIpc) is 2.69. The van der Waals surface area contributed by atoms with Crippen molar-refractivity contribution in [3.05, 3.63) is 59.7 Å². The molecular weight excluding hydrogens is 290 g/mol. The van der Waals surface area contributed by atoms with Crippen molar-refractivity contribution in [3.63, 3.8) is 0 Å². The first kappa shape index (κ1) is 15.7. The van der Waals surface area contributed by atoms with Crippen molar-refractivity contribution in [2.45, 2.75) is 44.9 Å². The second-order valence-electron chi connectivity index (χ2n) is 7.10. The van der Waals surface area contributed by atoms with E-state index in [1.807, 2.05) is 0 Å². The number of fused-ring (bicyclic) bond motifs is 5. The Balaban J connectivity index is 0.000000207. The summed E-state index contributed by atoms with van der Waals surface area (Å²) in [5.74, 6) is 0. The summed E-state index contributed by atoms with van der Waals surface area (Å²) in [7, 11) is 0. The number of hydrogen-bond donors (Lipinski definition) is 1. The lowest BCUT2D eigenvalue weighted by atomic mass is 9.86. The van der Waals surface area contributed by atoms with E-state index >= 15 is 0 Å². The van der Waals surface area contributed by atoms with Gasteiger partial charge in [0, 0.05) is 0 Å². The van der Waals surface area contributed by atoms with Crippen LogP contribution < -0.4 is 5.32 Å². The molecule has 0 bridgehead atoms. The molecular formula is C23H27N. The average molecular weight is 317 g/mol. The Morgan fingerprint density at radius 1 is 0.583 bits per heavy atom. The molecule has 1 fully saturated rings. The maximum atomic E-state index is 3.28. The van der Waals surface area contributed by atoms with Gasteiger partial charge in [-0.3, -0.25) is 0 Å². The molecule has 3 aromatic rings. The highest BCUT2D eigenvalue weighted by Gasteiger charge is 2.13. The molecule has 1 saturated heterocycles. The number of hydrogen-bond acceptors (Lipinski definition) is 1. The second kappa shape index (κ2) is 7.36. The predicted octanol–water partition coefficient (Wildman–Crippen LogP) is 5.63. The Hall–Kier alpha value is -1.86.